The van der Waals surface area contributed by atoms with Crippen LogP contribution >= 0.6 is 0 Å². The van der Waals surface area contributed by atoms with Gasteiger partial charge in [-0.3, -0.25) is 4.98 Å². The van der Waals surface area contributed by atoms with Crippen LogP contribution in [-0.2, 0) is 6.54 Å². The minimum absolute atomic E-state index is 0.277. The highest BCUT2D eigenvalue weighted by molar-refractivity contribution is 5.24. The lowest BCUT2D eigenvalue weighted by Gasteiger charge is -2.15. The highest BCUT2D eigenvalue weighted by atomic mass is 16.5. The first-order valence-electron chi connectivity index (χ1n) is 5.30. The zero-order valence-corrected chi connectivity index (χ0v) is 9.47. The molecule has 0 bridgehead atoms. The minimum Gasteiger partial charge on any atom is -0.364 e. The van der Waals surface area contributed by atoms with Crippen LogP contribution in [0.1, 0.15) is 29.8 Å². The number of aromatic nitrogens is 2. The van der Waals surface area contributed by atoms with Crippen LogP contribution in [0.4, 0.5) is 0 Å². The van der Waals surface area contributed by atoms with Gasteiger partial charge in [0, 0.05) is 31.0 Å². The first kappa shape index (κ1) is 10.8. The smallest absolute Gasteiger partial charge is 0.124 e. The lowest BCUT2D eigenvalue weighted by atomic mass is 10.1. The summed E-state index contributed by atoms with van der Waals surface area (Å²) in [6.45, 7) is 4.90. The van der Waals surface area contributed by atoms with Crippen LogP contribution in [-0.4, -0.2) is 10.1 Å². The Morgan fingerprint density at radius 3 is 3.00 bits per heavy atom. The zero-order valence-electron chi connectivity index (χ0n) is 9.47. The normalized spacial score (nSPS) is 12.6. The van der Waals surface area contributed by atoms with Crippen LogP contribution in [0.5, 0.6) is 0 Å². The van der Waals surface area contributed by atoms with Crippen LogP contribution in [0.15, 0.2) is 35.3 Å². The van der Waals surface area contributed by atoms with E-state index in [-0.39, 0.29) is 6.04 Å². The predicted octanol–water partition coefficient (Wildman–Crippen LogP) is 2.23. The first-order chi connectivity index (χ1) is 7.77. The molecule has 0 amide bonds. The van der Waals surface area contributed by atoms with E-state index in [2.05, 4.69) is 29.3 Å². The molecule has 0 spiro atoms. The van der Waals surface area contributed by atoms with Crippen molar-refractivity contribution in [1.29, 1.82) is 0 Å². The molecule has 84 valence electrons. The van der Waals surface area contributed by atoms with E-state index in [0.717, 1.165) is 5.69 Å². The molecule has 0 fully saturated rings. The molecule has 4 nitrogen and oxygen atoms in total. The SMILES string of the molecule is Cc1cnccc1C(C)NCc1ccon1. The molecule has 2 rings (SSSR count). The summed E-state index contributed by atoms with van der Waals surface area (Å²) in [5.74, 6) is 0. The Hall–Kier alpha value is -1.68. The van der Waals surface area contributed by atoms with Crippen molar-refractivity contribution < 1.29 is 4.52 Å². The van der Waals surface area contributed by atoms with Gasteiger partial charge < -0.3 is 9.84 Å². The van der Waals surface area contributed by atoms with Gasteiger partial charge in [0.25, 0.3) is 0 Å². The molecule has 0 saturated heterocycles. The van der Waals surface area contributed by atoms with Gasteiger partial charge in [-0.1, -0.05) is 5.16 Å². The summed E-state index contributed by atoms with van der Waals surface area (Å²) in [5.41, 5.74) is 3.37. The summed E-state index contributed by atoms with van der Waals surface area (Å²) >= 11 is 0. The second-order valence-electron chi connectivity index (χ2n) is 3.83. The number of pyridine rings is 1. The fourth-order valence-electron chi connectivity index (χ4n) is 1.67. The van der Waals surface area contributed by atoms with E-state index in [1.165, 1.54) is 11.1 Å². The van der Waals surface area contributed by atoms with E-state index in [4.69, 9.17) is 4.52 Å². The molecule has 16 heavy (non-hydrogen) atoms. The maximum absolute atomic E-state index is 4.78. The molecular weight excluding hydrogens is 202 g/mol. The average Bonchev–Trinajstić information content (AvgIpc) is 2.79. The molecule has 1 unspecified atom stereocenters. The van der Waals surface area contributed by atoms with Gasteiger partial charge in [-0.2, -0.15) is 0 Å². The molecule has 2 heterocycles. The Morgan fingerprint density at radius 2 is 2.31 bits per heavy atom. The van der Waals surface area contributed by atoms with Crippen LogP contribution in [0.25, 0.3) is 0 Å². The lowest BCUT2D eigenvalue weighted by Crippen LogP contribution is -2.19. The monoisotopic (exact) mass is 217 g/mol. The second-order valence-corrected chi connectivity index (χ2v) is 3.83. The van der Waals surface area contributed by atoms with Crippen LogP contribution in [0.3, 0.4) is 0 Å². The summed E-state index contributed by atoms with van der Waals surface area (Å²) in [7, 11) is 0. The number of rotatable bonds is 4. The molecule has 1 N–H and O–H groups in total. The molecule has 0 saturated carbocycles. The van der Waals surface area contributed by atoms with Gasteiger partial charge in [0.1, 0.15) is 6.26 Å². The Bertz CT molecular complexity index is 439. The van der Waals surface area contributed by atoms with Gasteiger partial charge in [0.2, 0.25) is 0 Å². The molecule has 0 aliphatic heterocycles. The Labute approximate surface area is 94.7 Å². The number of nitrogens with one attached hydrogen (secondary N) is 1. The third-order valence-corrected chi connectivity index (χ3v) is 2.61. The molecule has 0 radical (unpaired) electrons. The molecule has 0 aliphatic carbocycles. The van der Waals surface area contributed by atoms with E-state index in [1.807, 2.05) is 24.5 Å². The number of hydrogen-bond donors (Lipinski definition) is 1. The molecule has 0 aromatic carbocycles. The summed E-state index contributed by atoms with van der Waals surface area (Å²) in [6.07, 6.45) is 5.28. The maximum atomic E-state index is 4.78. The van der Waals surface area contributed by atoms with E-state index in [0.29, 0.717) is 6.54 Å². The Morgan fingerprint density at radius 1 is 1.44 bits per heavy atom. The summed E-state index contributed by atoms with van der Waals surface area (Å²) in [4.78, 5) is 4.08. The third-order valence-electron chi connectivity index (χ3n) is 2.61. The van der Waals surface area contributed by atoms with Gasteiger partial charge in [0.05, 0.1) is 5.69 Å². The first-order valence-corrected chi connectivity index (χ1v) is 5.30. The van der Waals surface area contributed by atoms with E-state index >= 15 is 0 Å². The molecule has 4 heteroatoms. The highest BCUT2D eigenvalue weighted by Gasteiger charge is 2.08. The summed E-state index contributed by atoms with van der Waals surface area (Å²) in [6, 6.07) is 4.18. The topological polar surface area (TPSA) is 51.0 Å². The average molecular weight is 217 g/mol. The van der Waals surface area contributed by atoms with Crippen LogP contribution < -0.4 is 5.32 Å². The number of aryl methyl sites for hydroxylation is 1. The minimum atomic E-state index is 0.277. The van der Waals surface area contributed by atoms with Gasteiger partial charge >= 0.3 is 0 Å². The van der Waals surface area contributed by atoms with E-state index < -0.39 is 0 Å². The van der Waals surface area contributed by atoms with E-state index in [1.54, 1.807) is 6.26 Å². The van der Waals surface area contributed by atoms with Crippen molar-refractivity contribution >= 4 is 0 Å². The van der Waals surface area contributed by atoms with Crippen molar-refractivity contribution in [2.75, 3.05) is 0 Å². The van der Waals surface area contributed by atoms with Crippen LogP contribution in [0, 0.1) is 6.92 Å². The molecule has 1 atom stereocenters. The standard InChI is InChI=1S/C12H15N3O/c1-9-7-13-5-3-12(9)10(2)14-8-11-4-6-16-15-11/h3-7,10,14H,8H2,1-2H3. The Balaban J connectivity index is 1.98. The lowest BCUT2D eigenvalue weighted by molar-refractivity contribution is 0.406. The predicted molar refractivity (Wildman–Crippen MR) is 60.7 cm³/mol. The zero-order chi connectivity index (χ0) is 11.4. The quantitative estimate of drug-likeness (QED) is 0.853. The third kappa shape index (κ3) is 2.46. The summed E-state index contributed by atoms with van der Waals surface area (Å²) < 4.78 is 4.78. The maximum Gasteiger partial charge on any atom is 0.124 e. The van der Waals surface area contributed by atoms with Crippen LogP contribution in [0.2, 0.25) is 0 Å². The van der Waals surface area contributed by atoms with Crippen molar-refractivity contribution in [1.82, 2.24) is 15.5 Å². The van der Waals surface area contributed by atoms with Crippen molar-refractivity contribution in [3.8, 4) is 0 Å². The number of hydrogen-bond acceptors (Lipinski definition) is 4. The van der Waals surface area contributed by atoms with Gasteiger partial charge in [-0.15, -0.1) is 0 Å². The second kappa shape index (κ2) is 4.90. The van der Waals surface area contributed by atoms with Gasteiger partial charge in [-0.05, 0) is 31.0 Å². The van der Waals surface area contributed by atoms with Gasteiger partial charge in [-0.25, -0.2) is 0 Å². The number of nitrogens with zero attached hydrogens (tertiary/aromatic N) is 2. The largest absolute Gasteiger partial charge is 0.364 e. The Kier molecular flexibility index (Phi) is 3.31. The van der Waals surface area contributed by atoms with Gasteiger partial charge in [0.15, 0.2) is 0 Å². The highest BCUT2D eigenvalue weighted by Crippen LogP contribution is 2.15. The van der Waals surface area contributed by atoms with Crippen molar-refractivity contribution in [3.63, 3.8) is 0 Å². The van der Waals surface area contributed by atoms with Crippen molar-refractivity contribution in [3.05, 3.63) is 47.6 Å². The van der Waals surface area contributed by atoms with E-state index in [9.17, 15) is 0 Å². The molecule has 2 aromatic rings. The fraction of sp³-hybridized carbons (Fsp3) is 0.333. The molecular formula is C12H15N3O. The molecule has 0 aliphatic rings. The van der Waals surface area contributed by atoms with Crippen molar-refractivity contribution in [2.24, 2.45) is 0 Å². The molecule has 2 aromatic heterocycles. The fourth-order valence-corrected chi connectivity index (χ4v) is 1.67. The van der Waals surface area contributed by atoms with Crippen molar-refractivity contribution in [2.45, 2.75) is 26.4 Å². The summed E-state index contributed by atoms with van der Waals surface area (Å²) in [5, 5.41) is 7.25.